The molecule has 0 unspecified atom stereocenters. The zero-order valence-electron chi connectivity index (χ0n) is 10.6. The number of nitrogens with one attached hydrogen (secondary N) is 1. The first-order valence-corrected chi connectivity index (χ1v) is 5.69. The topological polar surface area (TPSA) is 105 Å². The predicted molar refractivity (Wildman–Crippen MR) is 66.9 cm³/mol. The summed E-state index contributed by atoms with van der Waals surface area (Å²) in [5, 5.41) is 17.0. The van der Waals surface area contributed by atoms with Crippen molar-refractivity contribution in [2.75, 3.05) is 5.32 Å². The van der Waals surface area contributed by atoms with Crippen molar-refractivity contribution in [3.8, 4) is 11.3 Å². The minimum absolute atomic E-state index is 0.0306. The number of carbonyl (C=O) groups excluding carboxylic acids is 1. The average molecular weight is 312 g/mol. The van der Waals surface area contributed by atoms with Crippen molar-refractivity contribution >= 4 is 17.8 Å². The number of amides is 1. The van der Waals surface area contributed by atoms with Crippen LogP contribution >= 0.6 is 0 Å². The quantitative estimate of drug-likeness (QED) is 0.894. The zero-order chi connectivity index (χ0) is 16.3. The maximum absolute atomic E-state index is 12.1. The minimum Gasteiger partial charge on any atom is -0.478 e. The summed E-state index contributed by atoms with van der Waals surface area (Å²) in [7, 11) is 0. The highest BCUT2D eigenvalue weighted by Crippen LogP contribution is 2.20. The second kappa shape index (κ2) is 5.76. The van der Waals surface area contributed by atoms with Gasteiger partial charge in [-0.25, -0.2) is 9.78 Å². The maximum atomic E-state index is 12.1. The molecule has 0 fully saturated rings. The summed E-state index contributed by atoms with van der Waals surface area (Å²) >= 11 is 0. The molecule has 0 radical (unpaired) electrons. The van der Waals surface area contributed by atoms with Crippen molar-refractivity contribution in [1.29, 1.82) is 0 Å². The van der Waals surface area contributed by atoms with Crippen LogP contribution < -0.4 is 5.32 Å². The summed E-state index contributed by atoms with van der Waals surface area (Å²) in [6, 6.07) is 5.54. The highest BCUT2D eigenvalue weighted by molar-refractivity contribution is 5.93. The van der Waals surface area contributed by atoms with Crippen molar-refractivity contribution in [1.82, 2.24) is 15.2 Å². The highest BCUT2D eigenvalue weighted by Gasteiger charge is 2.39. The third-order valence-corrected chi connectivity index (χ3v) is 2.45. The SMILES string of the molecule is O=C(O)c1cccc(-c2cnnc(NC(=O)C(F)(F)F)n2)c1. The van der Waals surface area contributed by atoms with Crippen LogP contribution in [0.5, 0.6) is 0 Å². The lowest BCUT2D eigenvalue weighted by Crippen LogP contribution is -2.30. The molecule has 0 saturated carbocycles. The molecule has 0 saturated heterocycles. The van der Waals surface area contributed by atoms with Crippen LogP contribution in [0.2, 0.25) is 0 Å². The molecule has 0 aliphatic carbocycles. The second-order valence-corrected chi connectivity index (χ2v) is 4.00. The Hall–Kier alpha value is -3.04. The van der Waals surface area contributed by atoms with Gasteiger partial charge in [0, 0.05) is 5.56 Å². The number of alkyl halides is 3. The molecule has 2 N–H and O–H groups in total. The first-order valence-electron chi connectivity index (χ1n) is 5.69. The number of hydrogen-bond donors (Lipinski definition) is 2. The van der Waals surface area contributed by atoms with E-state index < -0.39 is 24.0 Å². The van der Waals surface area contributed by atoms with E-state index in [0.29, 0.717) is 5.56 Å². The summed E-state index contributed by atoms with van der Waals surface area (Å²) in [6.07, 6.45) is -3.95. The normalized spacial score (nSPS) is 11.0. The Bertz CT molecular complexity index is 734. The summed E-state index contributed by atoms with van der Waals surface area (Å²) in [5.41, 5.74) is 0.338. The van der Waals surface area contributed by atoms with E-state index in [-0.39, 0.29) is 11.3 Å². The van der Waals surface area contributed by atoms with E-state index in [9.17, 15) is 22.8 Å². The summed E-state index contributed by atoms with van der Waals surface area (Å²) in [5.74, 6) is -4.04. The molecule has 114 valence electrons. The molecule has 0 aliphatic rings. The Morgan fingerprint density at radius 1 is 1.23 bits per heavy atom. The molecule has 0 aliphatic heterocycles. The Labute approximate surface area is 120 Å². The zero-order valence-corrected chi connectivity index (χ0v) is 10.6. The van der Waals surface area contributed by atoms with Crippen LogP contribution in [0.15, 0.2) is 30.5 Å². The molecule has 22 heavy (non-hydrogen) atoms. The lowest BCUT2D eigenvalue weighted by Gasteiger charge is -2.07. The molecule has 2 rings (SSSR count). The number of aromatic carboxylic acids is 1. The van der Waals surface area contributed by atoms with E-state index in [4.69, 9.17) is 5.11 Å². The van der Waals surface area contributed by atoms with Gasteiger partial charge in [0.2, 0.25) is 5.95 Å². The fourth-order valence-electron chi connectivity index (χ4n) is 1.48. The number of hydrogen-bond acceptors (Lipinski definition) is 5. The van der Waals surface area contributed by atoms with Gasteiger partial charge < -0.3 is 5.11 Å². The van der Waals surface area contributed by atoms with E-state index in [1.165, 1.54) is 29.6 Å². The molecule has 10 heteroatoms. The van der Waals surface area contributed by atoms with Gasteiger partial charge in [-0.05, 0) is 12.1 Å². The molecular weight excluding hydrogens is 305 g/mol. The van der Waals surface area contributed by atoms with Crippen molar-refractivity contribution < 1.29 is 27.9 Å². The van der Waals surface area contributed by atoms with Gasteiger partial charge in [0.05, 0.1) is 17.5 Å². The van der Waals surface area contributed by atoms with Crippen LogP contribution in [0.1, 0.15) is 10.4 Å². The Morgan fingerprint density at radius 3 is 2.59 bits per heavy atom. The van der Waals surface area contributed by atoms with Crippen LogP contribution in [0, 0.1) is 0 Å². The van der Waals surface area contributed by atoms with Gasteiger partial charge in [-0.3, -0.25) is 10.1 Å². The van der Waals surface area contributed by atoms with Gasteiger partial charge in [-0.15, -0.1) is 5.10 Å². The molecule has 0 spiro atoms. The van der Waals surface area contributed by atoms with Crippen molar-refractivity contribution in [2.45, 2.75) is 6.18 Å². The molecule has 1 heterocycles. The van der Waals surface area contributed by atoms with Crippen molar-refractivity contribution in [3.05, 3.63) is 36.0 Å². The molecule has 0 atom stereocenters. The average Bonchev–Trinajstić information content (AvgIpc) is 2.46. The summed E-state index contributed by atoms with van der Waals surface area (Å²) in [6.45, 7) is 0. The predicted octanol–water partition coefficient (Wildman–Crippen LogP) is 1.74. The first-order chi connectivity index (χ1) is 10.3. The van der Waals surface area contributed by atoms with Gasteiger partial charge >= 0.3 is 18.1 Å². The number of carbonyl (C=O) groups is 2. The van der Waals surface area contributed by atoms with Gasteiger partial charge in [0.25, 0.3) is 0 Å². The third-order valence-electron chi connectivity index (χ3n) is 2.45. The lowest BCUT2D eigenvalue weighted by atomic mass is 10.1. The Balaban J connectivity index is 2.31. The van der Waals surface area contributed by atoms with E-state index in [0.717, 1.165) is 6.20 Å². The number of benzene rings is 1. The second-order valence-electron chi connectivity index (χ2n) is 4.00. The summed E-state index contributed by atoms with van der Waals surface area (Å²) in [4.78, 5) is 25.4. The van der Waals surface area contributed by atoms with Crippen molar-refractivity contribution in [2.24, 2.45) is 0 Å². The van der Waals surface area contributed by atoms with Gasteiger partial charge in [0.1, 0.15) is 0 Å². The highest BCUT2D eigenvalue weighted by atomic mass is 19.4. The standard InChI is InChI=1S/C12H7F3N4O3/c13-12(14,15)10(22)18-11-17-8(5-16-19-11)6-2-1-3-7(4-6)9(20)21/h1-5H,(H,20,21)(H,17,18,19,22). The van der Waals surface area contributed by atoms with Gasteiger partial charge in [0.15, 0.2) is 0 Å². The van der Waals surface area contributed by atoms with Gasteiger partial charge in [-0.1, -0.05) is 12.1 Å². The van der Waals surface area contributed by atoms with Gasteiger partial charge in [-0.2, -0.15) is 18.3 Å². The molecular formula is C12H7F3N4O3. The number of halogens is 3. The number of aromatic nitrogens is 3. The lowest BCUT2D eigenvalue weighted by molar-refractivity contribution is -0.167. The molecule has 7 nitrogen and oxygen atoms in total. The smallest absolute Gasteiger partial charge is 0.471 e. The number of carboxylic acids is 1. The van der Waals surface area contributed by atoms with Crippen LogP contribution in [-0.4, -0.2) is 38.3 Å². The maximum Gasteiger partial charge on any atom is 0.471 e. The molecule has 1 aromatic heterocycles. The molecule has 1 amide bonds. The number of carboxylic acid groups (broad SMARTS) is 1. The molecule has 2 aromatic rings. The summed E-state index contributed by atoms with van der Waals surface area (Å²) < 4.78 is 36.4. The molecule has 0 bridgehead atoms. The fraction of sp³-hybridized carbons (Fsp3) is 0.0833. The Morgan fingerprint density at radius 2 is 1.95 bits per heavy atom. The number of nitrogens with zero attached hydrogens (tertiary/aromatic N) is 3. The first kappa shape index (κ1) is 15.4. The number of anilines is 1. The van der Waals surface area contributed by atoms with E-state index >= 15 is 0 Å². The fourth-order valence-corrected chi connectivity index (χ4v) is 1.48. The monoisotopic (exact) mass is 312 g/mol. The van der Waals surface area contributed by atoms with E-state index in [1.807, 2.05) is 0 Å². The third kappa shape index (κ3) is 3.53. The van der Waals surface area contributed by atoms with Crippen molar-refractivity contribution in [3.63, 3.8) is 0 Å². The Kier molecular flexibility index (Phi) is 4.02. The van der Waals surface area contributed by atoms with Crippen LogP contribution in [-0.2, 0) is 4.79 Å². The molecule has 1 aromatic carbocycles. The van der Waals surface area contributed by atoms with Crippen LogP contribution in [0.4, 0.5) is 19.1 Å². The van der Waals surface area contributed by atoms with E-state index in [1.54, 1.807) is 0 Å². The van der Waals surface area contributed by atoms with Crippen LogP contribution in [0.25, 0.3) is 11.3 Å². The van der Waals surface area contributed by atoms with E-state index in [2.05, 4.69) is 15.2 Å². The largest absolute Gasteiger partial charge is 0.478 e. The van der Waals surface area contributed by atoms with Crippen LogP contribution in [0.3, 0.4) is 0 Å². The minimum atomic E-state index is -5.08. The number of rotatable bonds is 3.